The van der Waals surface area contributed by atoms with Gasteiger partial charge in [0.05, 0.1) is 5.56 Å². The summed E-state index contributed by atoms with van der Waals surface area (Å²) in [4.78, 5) is 10.6. The van der Waals surface area contributed by atoms with Crippen LogP contribution in [0.2, 0.25) is 0 Å². The molecule has 5 heteroatoms. The average molecular weight is 230 g/mol. The number of aldehydes is 1. The van der Waals surface area contributed by atoms with Crippen LogP contribution in [0.5, 0.6) is 0 Å². The van der Waals surface area contributed by atoms with E-state index in [-0.39, 0.29) is 5.39 Å². The second kappa shape index (κ2) is 3.34. The number of rotatable bonds is 1. The van der Waals surface area contributed by atoms with Crippen molar-refractivity contribution in [1.29, 1.82) is 0 Å². The molecule has 1 aromatic heterocycles. The van der Waals surface area contributed by atoms with Crippen molar-refractivity contribution in [2.24, 2.45) is 0 Å². The van der Waals surface area contributed by atoms with Gasteiger partial charge in [0.1, 0.15) is 0 Å². The van der Waals surface area contributed by atoms with E-state index in [1.807, 2.05) is 0 Å². The third kappa shape index (κ3) is 1.63. The number of hydrogen-bond acceptors (Lipinski definition) is 2. The molecule has 1 aromatic carbocycles. The lowest BCUT2D eigenvalue weighted by Gasteiger charge is -2.04. The van der Waals surface area contributed by atoms with Crippen LogP contribution in [0.15, 0.2) is 23.6 Å². The van der Waals surface area contributed by atoms with E-state index in [4.69, 9.17) is 0 Å². The molecule has 0 unspecified atom stereocenters. The number of alkyl halides is 3. The van der Waals surface area contributed by atoms with Gasteiger partial charge in [-0.05, 0) is 0 Å². The minimum absolute atomic E-state index is 0.0945. The van der Waals surface area contributed by atoms with E-state index in [0.717, 1.165) is 16.7 Å². The van der Waals surface area contributed by atoms with E-state index >= 15 is 0 Å². The first-order chi connectivity index (χ1) is 7.04. The summed E-state index contributed by atoms with van der Waals surface area (Å²) in [6.07, 6.45) is -3.79. The maximum absolute atomic E-state index is 12.5. The molecule has 2 rings (SSSR count). The van der Waals surface area contributed by atoms with Crippen LogP contribution in [0.1, 0.15) is 15.9 Å². The molecule has 0 saturated heterocycles. The van der Waals surface area contributed by atoms with E-state index in [0.29, 0.717) is 16.5 Å². The molecule has 0 atom stereocenters. The average Bonchev–Trinajstić information content (AvgIpc) is 2.59. The van der Waals surface area contributed by atoms with Crippen molar-refractivity contribution in [1.82, 2.24) is 0 Å². The van der Waals surface area contributed by atoms with E-state index in [9.17, 15) is 18.0 Å². The maximum Gasteiger partial charge on any atom is 0.417 e. The van der Waals surface area contributed by atoms with Crippen LogP contribution >= 0.6 is 11.3 Å². The highest BCUT2D eigenvalue weighted by Gasteiger charge is 2.33. The fraction of sp³-hybridized carbons (Fsp3) is 0.100. The summed E-state index contributed by atoms with van der Waals surface area (Å²) >= 11 is 0.941. The fourth-order valence-corrected chi connectivity index (χ4v) is 2.45. The first kappa shape index (κ1) is 10.2. The summed E-state index contributed by atoms with van der Waals surface area (Å²) in [6.45, 7) is 0. The Morgan fingerprint density at radius 1 is 1.27 bits per heavy atom. The van der Waals surface area contributed by atoms with Gasteiger partial charge in [0.2, 0.25) is 0 Å². The first-order valence-corrected chi connectivity index (χ1v) is 4.94. The van der Waals surface area contributed by atoms with Crippen LogP contribution in [0.3, 0.4) is 0 Å². The maximum atomic E-state index is 12.5. The first-order valence-electron chi connectivity index (χ1n) is 4.06. The van der Waals surface area contributed by atoms with E-state index in [1.165, 1.54) is 18.2 Å². The molecular formula is C10H5F3OS. The number of benzene rings is 1. The molecule has 1 nitrogen and oxygen atoms in total. The van der Waals surface area contributed by atoms with Crippen LogP contribution in [-0.2, 0) is 6.18 Å². The monoisotopic (exact) mass is 230 g/mol. The minimum atomic E-state index is -4.36. The topological polar surface area (TPSA) is 17.1 Å². The Morgan fingerprint density at radius 2 is 2.00 bits per heavy atom. The lowest BCUT2D eigenvalue weighted by atomic mass is 10.1. The molecule has 1 heterocycles. The van der Waals surface area contributed by atoms with Gasteiger partial charge in [-0.25, -0.2) is 0 Å². The summed E-state index contributed by atoms with van der Waals surface area (Å²) in [6, 6.07) is 4.33. The van der Waals surface area contributed by atoms with Crippen molar-refractivity contribution in [3.05, 3.63) is 34.7 Å². The Hall–Kier alpha value is -1.36. The van der Waals surface area contributed by atoms with Crippen LogP contribution in [0.4, 0.5) is 13.2 Å². The van der Waals surface area contributed by atoms with E-state index in [2.05, 4.69) is 0 Å². The standard InChI is InChI=1S/C10H5F3OS/c11-10(12,13)8-5-15-9-6(4-14)2-1-3-7(8)9/h1-5H. The van der Waals surface area contributed by atoms with E-state index < -0.39 is 11.7 Å². The predicted molar refractivity (Wildman–Crippen MR) is 52.2 cm³/mol. The SMILES string of the molecule is O=Cc1cccc2c(C(F)(F)F)csc12. The number of thiophene rings is 1. The van der Waals surface area contributed by atoms with Crippen molar-refractivity contribution in [2.75, 3.05) is 0 Å². The van der Waals surface area contributed by atoms with Gasteiger partial charge >= 0.3 is 6.18 Å². The highest BCUT2D eigenvalue weighted by Crippen LogP contribution is 2.39. The number of halogens is 3. The molecular weight excluding hydrogens is 225 g/mol. The molecule has 0 bridgehead atoms. The molecule has 0 saturated carbocycles. The number of carbonyl (C=O) groups is 1. The normalized spacial score (nSPS) is 11.9. The molecule has 78 valence electrons. The zero-order valence-electron chi connectivity index (χ0n) is 7.34. The smallest absolute Gasteiger partial charge is 0.298 e. The lowest BCUT2D eigenvalue weighted by molar-refractivity contribution is -0.136. The number of carbonyl (C=O) groups excluding carboxylic acids is 1. The Balaban J connectivity index is 2.77. The predicted octanol–water partition coefficient (Wildman–Crippen LogP) is 3.73. The van der Waals surface area contributed by atoms with Crippen LogP contribution in [0, 0.1) is 0 Å². The van der Waals surface area contributed by atoms with Crippen molar-refractivity contribution in [3.8, 4) is 0 Å². The molecule has 2 aromatic rings. The van der Waals surface area contributed by atoms with Gasteiger partial charge in [0.25, 0.3) is 0 Å². The summed E-state index contributed by atoms with van der Waals surface area (Å²) < 4.78 is 37.9. The summed E-state index contributed by atoms with van der Waals surface area (Å²) in [5.74, 6) is 0. The van der Waals surface area contributed by atoms with Crippen LogP contribution in [0.25, 0.3) is 10.1 Å². The largest absolute Gasteiger partial charge is 0.417 e. The number of fused-ring (bicyclic) bond motifs is 1. The molecule has 0 aliphatic rings. The van der Waals surface area contributed by atoms with Gasteiger partial charge in [-0.1, -0.05) is 18.2 Å². The van der Waals surface area contributed by atoms with Gasteiger partial charge in [0.15, 0.2) is 6.29 Å². The Labute approximate surface area is 87.1 Å². The third-order valence-electron chi connectivity index (χ3n) is 2.06. The van der Waals surface area contributed by atoms with Crippen LogP contribution < -0.4 is 0 Å². The van der Waals surface area contributed by atoms with Gasteiger partial charge < -0.3 is 0 Å². The molecule has 0 radical (unpaired) electrons. The van der Waals surface area contributed by atoms with Crippen molar-refractivity contribution in [3.63, 3.8) is 0 Å². The minimum Gasteiger partial charge on any atom is -0.298 e. The zero-order chi connectivity index (χ0) is 11.1. The summed E-state index contributed by atoms with van der Waals surface area (Å²) in [5, 5.41) is 1.13. The van der Waals surface area contributed by atoms with Gasteiger partial charge in [-0.15, -0.1) is 11.3 Å². The van der Waals surface area contributed by atoms with Gasteiger partial charge in [-0.2, -0.15) is 13.2 Å². The highest BCUT2D eigenvalue weighted by atomic mass is 32.1. The Morgan fingerprint density at radius 3 is 2.60 bits per heavy atom. The molecule has 0 spiro atoms. The summed E-state index contributed by atoms with van der Waals surface area (Å²) in [7, 11) is 0. The van der Waals surface area contributed by atoms with Crippen molar-refractivity contribution >= 4 is 27.7 Å². The molecule has 0 aliphatic carbocycles. The highest BCUT2D eigenvalue weighted by molar-refractivity contribution is 7.17. The lowest BCUT2D eigenvalue weighted by Crippen LogP contribution is -2.03. The second-order valence-electron chi connectivity index (χ2n) is 2.99. The molecule has 15 heavy (non-hydrogen) atoms. The van der Waals surface area contributed by atoms with Crippen LogP contribution in [-0.4, -0.2) is 6.29 Å². The third-order valence-corrected chi connectivity index (χ3v) is 3.11. The Bertz CT molecular complexity index is 513. The Kier molecular flexibility index (Phi) is 2.26. The summed E-state index contributed by atoms with van der Waals surface area (Å²) in [5.41, 5.74) is -0.376. The fourth-order valence-electron chi connectivity index (χ4n) is 1.39. The van der Waals surface area contributed by atoms with Gasteiger partial charge in [0, 0.05) is 21.0 Å². The quantitative estimate of drug-likeness (QED) is 0.682. The molecule has 0 fully saturated rings. The zero-order valence-corrected chi connectivity index (χ0v) is 8.15. The van der Waals surface area contributed by atoms with Gasteiger partial charge in [-0.3, -0.25) is 4.79 Å². The molecule has 0 amide bonds. The van der Waals surface area contributed by atoms with Crippen molar-refractivity contribution < 1.29 is 18.0 Å². The second-order valence-corrected chi connectivity index (χ2v) is 3.87. The number of hydrogen-bond donors (Lipinski definition) is 0. The van der Waals surface area contributed by atoms with Crippen molar-refractivity contribution in [2.45, 2.75) is 6.18 Å². The molecule has 0 N–H and O–H groups in total. The van der Waals surface area contributed by atoms with E-state index in [1.54, 1.807) is 0 Å². The molecule has 0 aliphatic heterocycles.